The molecule has 0 amide bonds. The first-order valence-electron chi connectivity index (χ1n) is 5.20. The monoisotopic (exact) mass is 320 g/mol. The number of alkyl halides is 8. The van der Waals surface area contributed by atoms with E-state index < -0.39 is 41.0 Å². The first-order chi connectivity index (χ1) is 9.36. The van der Waals surface area contributed by atoms with Gasteiger partial charge in [0.15, 0.2) is 0 Å². The molecule has 21 heavy (non-hydrogen) atoms. The third-order valence-electron chi connectivity index (χ3n) is 2.95. The summed E-state index contributed by atoms with van der Waals surface area (Å²) in [5, 5.41) is 0. The minimum Gasteiger partial charge on any atom is -0.416 e. The Labute approximate surface area is 111 Å². The highest BCUT2D eigenvalue weighted by Crippen LogP contribution is 2.60. The minimum absolute atomic E-state index is 0.423. The van der Waals surface area contributed by atoms with E-state index in [9.17, 15) is 39.9 Å². The van der Waals surface area contributed by atoms with Crippen LogP contribution in [0.25, 0.3) is 0 Å². The van der Waals surface area contributed by atoms with Gasteiger partial charge >= 0.3 is 29.8 Å². The molecule has 1 aliphatic heterocycles. The number of fused-ring (bicyclic) bond motifs is 1. The summed E-state index contributed by atoms with van der Waals surface area (Å²) in [4.78, 5) is 11.2. The number of carbonyl (C=O) groups is 1. The summed E-state index contributed by atoms with van der Waals surface area (Å²) in [6.45, 7) is 0. The van der Waals surface area contributed by atoms with Gasteiger partial charge in [0, 0.05) is 5.56 Å². The molecule has 0 saturated heterocycles. The summed E-state index contributed by atoms with van der Waals surface area (Å²) in [7, 11) is 0. The van der Waals surface area contributed by atoms with Gasteiger partial charge in [-0.15, -0.1) is 0 Å². The zero-order valence-electron chi connectivity index (χ0n) is 9.65. The summed E-state index contributed by atoms with van der Waals surface area (Å²) in [6.07, 6.45) is -13.4. The van der Waals surface area contributed by atoms with E-state index in [0.717, 1.165) is 18.2 Å². The van der Waals surface area contributed by atoms with E-state index >= 15 is 0 Å². The number of ether oxygens (including phenoxy) is 1. The normalized spacial score (nSPS) is 23.0. The molecule has 0 N–H and O–H groups in total. The van der Waals surface area contributed by atoms with Gasteiger partial charge in [-0.2, -0.15) is 30.7 Å². The lowest BCUT2D eigenvalue weighted by atomic mass is 9.88. The number of halogens is 8. The fraction of sp³-hybridized carbons (Fsp3) is 0.364. The van der Waals surface area contributed by atoms with Crippen molar-refractivity contribution >= 4 is 5.97 Å². The highest BCUT2D eigenvalue weighted by Gasteiger charge is 2.86. The number of esters is 1. The van der Waals surface area contributed by atoms with Gasteiger partial charge in [0.05, 0.1) is 5.56 Å². The third kappa shape index (κ3) is 1.80. The molecule has 2 rings (SSSR count). The van der Waals surface area contributed by atoms with E-state index in [-0.39, 0.29) is 0 Å². The van der Waals surface area contributed by atoms with E-state index in [0.29, 0.717) is 6.07 Å². The topological polar surface area (TPSA) is 26.3 Å². The Balaban J connectivity index is 2.77. The fourth-order valence-corrected chi connectivity index (χ4v) is 1.96. The van der Waals surface area contributed by atoms with Crippen LogP contribution >= 0.6 is 0 Å². The molecule has 116 valence electrons. The van der Waals surface area contributed by atoms with E-state index in [1.165, 1.54) is 0 Å². The molecule has 1 atom stereocenters. The maximum atomic E-state index is 14.3. The van der Waals surface area contributed by atoms with Crippen LogP contribution < -0.4 is 0 Å². The summed E-state index contributed by atoms with van der Waals surface area (Å²) in [5.74, 6) is -6.86. The van der Waals surface area contributed by atoms with Gasteiger partial charge in [0.1, 0.15) is 0 Å². The van der Waals surface area contributed by atoms with Crippen molar-refractivity contribution in [3.8, 4) is 0 Å². The molecule has 0 fully saturated rings. The summed E-state index contributed by atoms with van der Waals surface area (Å²) in [5.41, 5.74) is -8.77. The van der Waals surface area contributed by atoms with Crippen molar-refractivity contribution in [2.75, 3.05) is 0 Å². The Hall–Kier alpha value is -1.87. The number of cyclic esters (lactones) is 1. The SMILES string of the molecule is O=C1OC(F)(C(F)(C(F)(F)F)C(F)(F)F)c2ccccc21. The Morgan fingerprint density at radius 1 is 0.905 bits per heavy atom. The number of carbonyl (C=O) groups excluding carboxylic acids is 1. The maximum absolute atomic E-state index is 14.3. The molecule has 1 unspecified atom stereocenters. The first-order valence-corrected chi connectivity index (χ1v) is 5.20. The molecule has 10 heteroatoms. The molecule has 0 bridgehead atoms. The zero-order valence-corrected chi connectivity index (χ0v) is 9.65. The van der Waals surface area contributed by atoms with Gasteiger partial charge < -0.3 is 4.74 Å². The molecule has 0 radical (unpaired) electrons. The van der Waals surface area contributed by atoms with Crippen LogP contribution in [-0.4, -0.2) is 24.0 Å². The van der Waals surface area contributed by atoms with Crippen LogP contribution in [0.15, 0.2) is 24.3 Å². The van der Waals surface area contributed by atoms with Crippen LogP contribution in [0.4, 0.5) is 35.1 Å². The van der Waals surface area contributed by atoms with Crippen molar-refractivity contribution in [1.82, 2.24) is 0 Å². The lowest BCUT2D eigenvalue weighted by Crippen LogP contribution is -2.64. The summed E-state index contributed by atoms with van der Waals surface area (Å²) < 4.78 is 107. The molecule has 1 aliphatic rings. The van der Waals surface area contributed by atoms with Gasteiger partial charge in [-0.1, -0.05) is 18.2 Å². The predicted octanol–water partition coefficient (Wildman–Crippen LogP) is 3.81. The van der Waals surface area contributed by atoms with Gasteiger partial charge in [-0.05, 0) is 6.07 Å². The van der Waals surface area contributed by atoms with E-state index in [1.807, 2.05) is 0 Å². The second-order valence-corrected chi connectivity index (χ2v) is 4.18. The average molecular weight is 320 g/mol. The standard InChI is InChI=1S/C11H4F8O2/c12-8(9(13,10(14,15)16)11(17,18)19)6-4-2-1-3-5(6)7(20)21-8/h1-4H. The van der Waals surface area contributed by atoms with Crippen LogP contribution in [-0.2, 0) is 10.6 Å². The number of hydrogen-bond donors (Lipinski definition) is 0. The molecule has 0 spiro atoms. The fourth-order valence-electron chi connectivity index (χ4n) is 1.96. The number of hydrogen-bond acceptors (Lipinski definition) is 2. The van der Waals surface area contributed by atoms with Crippen LogP contribution in [0.1, 0.15) is 15.9 Å². The molecule has 1 heterocycles. The molecule has 1 aromatic carbocycles. The van der Waals surface area contributed by atoms with E-state index in [2.05, 4.69) is 4.74 Å². The predicted molar refractivity (Wildman–Crippen MR) is 50.6 cm³/mol. The molecule has 0 aliphatic carbocycles. The van der Waals surface area contributed by atoms with Crippen molar-refractivity contribution < 1.29 is 44.7 Å². The highest BCUT2D eigenvalue weighted by molar-refractivity contribution is 5.94. The Morgan fingerprint density at radius 2 is 1.38 bits per heavy atom. The second kappa shape index (κ2) is 4.08. The Bertz CT molecular complexity index is 577. The zero-order chi connectivity index (χ0) is 16.3. The number of rotatable bonds is 1. The van der Waals surface area contributed by atoms with Crippen molar-refractivity contribution in [3.63, 3.8) is 0 Å². The third-order valence-corrected chi connectivity index (χ3v) is 2.95. The molecule has 0 saturated carbocycles. The van der Waals surface area contributed by atoms with Gasteiger partial charge in [0.25, 0.3) is 0 Å². The summed E-state index contributed by atoms with van der Waals surface area (Å²) >= 11 is 0. The van der Waals surface area contributed by atoms with Crippen molar-refractivity contribution in [2.45, 2.75) is 23.9 Å². The molecule has 2 nitrogen and oxygen atoms in total. The van der Waals surface area contributed by atoms with Crippen molar-refractivity contribution in [2.24, 2.45) is 0 Å². The highest BCUT2D eigenvalue weighted by atomic mass is 19.4. The van der Waals surface area contributed by atoms with Crippen molar-refractivity contribution in [3.05, 3.63) is 35.4 Å². The molecular weight excluding hydrogens is 316 g/mol. The Morgan fingerprint density at radius 3 is 1.86 bits per heavy atom. The smallest absolute Gasteiger partial charge is 0.416 e. The lowest BCUT2D eigenvalue weighted by Gasteiger charge is -2.37. The van der Waals surface area contributed by atoms with Gasteiger partial charge in [-0.3, -0.25) is 0 Å². The summed E-state index contributed by atoms with van der Waals surface area (Å²) in [6, 6.07) is 3.05. The lowest BCUT2D eigenvalue weighted by molar-refractivity contribution is -0.411. The van der Waals surface area contributed by atoms with Gasteiger partial charge in [0.2, 0.25) is 0 Å². The van der Waals surface area contributed by atoms with Crippen LogP contribution in [0.5, 0.6) is 0 Å². The van der Waals surface area contributed by atoms with Crippen LogP contribution in [0, 0.1) is 0 Å². The largest absolute Gasteiger partial charge is 0.439 e. The molecular formula is C11H4F8O2. The second-order valence-electron chi connectivity index (χ2n) is 4.18. The van der Waals surface area contributed by atoms with Crippen LogP contribution in [0.3, 0.4) is 0 Å². The van der Waals surface area contributed by atoms with E-state index in [1.54, 1.807) is 0 Å². The van der Waals surface area contributed by atoms with Gasteiger partial charge in [-0.25, -0.2) is 9.18 Å². The van der Waals surface area contributed by atoms with E-state index in [4.69, 9.17) is 0 Å². The molecule has 0 aromatic heterocycles. The Kier molecular flexibility index (Phi) is 3.01. The molecule has 1 aromatic rings. The minimum atomic E-state index is -6.70. The number of benzene rings is 1. The first kappa shape index (κ1) is 15.5. The maximum Gasteiger partial charge on any atom is 0.439 e. The quantitative estimate of drug-likeness (QED) is 0.581. The van der Waals surface area contributed by atoms with Crippen LogP contribution in [0.2, 0.25) is 0 Å². The van der Waals surface area contributed by atoms with Crippen molar-refractivity contribution in [1.29, 1.82) is 0 Å². The average Bonchev–Trinajstić information content (AvgIpc) is 2.60.